The summed E-state index contributed by atoms with van der Waals surface area (Å²) in [7, 11) is 0. The number of ether oxygens (including phenoxy) is 1. The highest BCUT2D eigenvalue weighted by atomic mass is 35.5. The topological polar surface area (TPSA) is 101 Å². The number of esters is 1. The van der Waals surface area contributed by atoms with Crippen molar-refractivity contribution in [3.05, 3.63) is 68.6 Å². The van der Waals surface area contributed by atoms with E-state index < -0.39 is 23.5 Å². The van der Waals surface area contributed by atoms with Gasteiger partial charge in [-0.15, -0.1) is 0 Å². The highest BCUT2D eigenvalue weighted by Gasteiger charge is 2.22. The molecule has 0 aliphatic carbocycles. The third-order valence-electron chi connectivity index (χ3n) is 3.73. The Morgan fingerprint density at radius 3 is 2.56 bits per heavy atom. The number of benzene rings is 2. The number of nitrogens with zero attached hydrogens (tertiary/aromatic N) is 1. The van der Waals surface area contributed by atoms with Crippen LogP contribution >= 0.6 is 23.2 Å². The molecule has 27 heavy (non-hydrogen) atoms. The Labute approximate surface area is 163 Å². The maximum atomic E-state index is 12.4. The van der Waals surface area contributed by atoms with Gasteiger partial charge in [-0.25, -0.2) is 9.89 Å². The van der Waals surface area contributed by atoms with Crippen LogP contribution in [0, 0.1) is 0 Å². The number of carbonyl (C=O) groups is 2. The lowest BCUT2D eigenvalue weighted by Crippen LogP contribution is -2.30. The van der Waals surface area contributed by atoms with Gasteiger partial charge in [0.15, 0.2) is 11.8 Å². The highest BCUT2D eigenvalue weighted by Crippen LogP contribution is 2.25. The molecule has 0 radical (unpaired) electrons. The smallest absolute Gasteiger partial charge is 0.360 e. The second-order valence-electron chi connectivity index (χ2n) is 5.61. The molecular weight excluding hydrogens is 393 g/mol. The van der Waals surface area contributed by atoms with Crippen LogP contribution in [0.2, 0.25) is 10.0 Å². The molecule has 1 heterocycles. The Balaban J connectivity index is 1.77. The molecule has 138 valence electrons. The molecule has 0 aliphatic rings. The predicted molar refractivity (Wildman–Crippen MR) is 102 cm³/mol. The second-order valence-corrected chi connectivity index (χ2v) is 6.45. The van der Waals surface area contributed by atoms with Crippen molar-refractivity contribution < 1.29 is 14.3 Å². The van der Waals surface area contributed by atoms with Crippen LogP contribution in [0.25, 0.3) is 10.8 Å². The normalized spacial score (nSPS) is 11.8. The number of rotatable bonds is 4. The van der Waals surface area contributed by atoms with Crippen LogP contribution in [-0.4, -0.2) is 28.2 Å². The largest absolute Gasteiger partial charge is 0.448 e. The molecule has 7 nitrogen and oxygen atoms in total. The van der Waals surface area contributed by atoms with Crippen molar-refractivity contribution in [1.29, 1.82) is 0 Å². The Hall–Kier alpha value is -2.90. The van der Waals surface area contributed by atoms with Gasteiger partial charge in [0.05, 0.1) is 16.1 Å². The second kappa shape index (κ2) is 7.77. The minimum absolute atomic E-state index is 0.0885. The van der Waals surface area contributed by atoms with Crippen molar-refractivity contribution in [3.8, 4) is 0 Å². The van der Waals surface area contributed by atoms with Gasteiger partial charge in [-0.05, 0) is 31.2 Å². The SMILES string of the molecule is C[C@H](OC(=O)c1n[nH]c(=O)c2ccccc12)C(=O)Nc1ccc(Cl)cc1Cl. The molecule has 0 bridgehead atoms. The van der Waals surface area contributed by atoms with Crippen molar-refractivity contribution in [3.63, 3.8) is 0 Å². The van der Waals surface area contributed by atoms with Gasteiger partial charge < -0.3 is 10.1 Å². The van der Waals surface area contributed by atoms with Gasteiger partial charge in [0.1, 0.15) is 0 Å². The van der Waals surface area contributed by atoms with Crippen LogP contribution in [0.3, 0.4) is 0 Å². The lowest BCUT2D eigenvalue weighted by Gasteiger charge is -2.14. The minimum atomic E-state index is -1.13. The van der Waals surface area contributed by atoms with E-state index >= 15 is 0 Å². The van der Waals surface area contributed by atoms with Crippen LogP contribution in [0.4, 0.5) is 5.69 Å². The van der Waals surface area contributed by atoms with E-state index in [4.69, 9.17) is 27.9 Å². The molecule has 9 heteroatoms. The average molecular weight is 406 g/mol. The van der Waals surface area contributed by atoms with Gasteiger partial charge in [-0.1, -0.05) is 41.4 Å². The summed E-state index contributed by atoms with van der Waals surface area (Å²) < 4.78 is 5.18. The summed E-state index contributed by atoms with van der Waals surface area (Å²) in [5, 5.41) is 9.85. The van der Waals surface area contributed by atoms with Gasteiger partial charge in [-0.3, -0.25) is 9.59 Å². The molecule has 0 spiro atoms. The zero-order valence-electron chi connectivity index (χ0n) is 14.0. The van der Waals surface area contributed by atoms with Crippen LogP contribution in [0.5, 0.6) is 0 Å². The maximum absolute atomic E-state index is 12.4. The number of aromatic nitrogens is 2. The minimum Gasteiger partial charge on any atom is -0.448 e. The van der Waals surface area contributed by atoms with Crippen molar-refractivity contribution >= 4 is 51.5 Å². The first-order valence-electron chi connectivity index (χ1n) is 7.81. The number of hydrogen-bond donors (Lipinski definition) is 2. The van der Waals surface area contributed by atoms with Crippen molar-refractivity contribution in [2.24, 2.45) is 0 Å². The standard InChI is InChI=1S/C18H13Cl2N3O4/c1-9(16(24)21-14-7-6-10(19)8-13(14)20)27-18(26)15-11-4-2-3-5-12(11)17(25)23-22-15/h2-9H,1H3,(H,21,24)(H,23,25)/t9-/m0/s1. The lowest BCUT2D eigenvalue weighted by atomic mass is 10.1. The number of amides is 1. The van der Waals surface area contributed by atoms with E-state index in [-0.39, 0.29) is 10.7 Å². The number of carbonyl (C=O) groups excluding carboxylic acids is 2. The fourth-order valence-electron chi connectivity index (χ4n) is 2.37. The summed E-state index contributed by atoms with van der Waals surface area (Å²) in [4.78, 5) is 36.5. The number of hydrogen-bond acceptors (Lipinski definition) is 5. The summed E-state index contributed by atoms with van der Waals surface area (Å²) in [6.45, 7) is 1.41. The maximum Gasteiger partial charge on any atom is 0.360 e. The molecule has 1 atom stereocenters. The van der Waals surface area contributed by atoms with E-state index in [1.807, 2.05) is 0 Å². The van der Waals surface area contributed by atoms with E-state index in [0.717, 1.165) is 0 Å². The third kappa shape index (κ3) is 4.10. The van der Waals surface area contributed by atoms with E-state index in [2.05, 4.69) is 15.5 Å². The summed E-state index contributed by atoms with van der Waals surface area (Å²) in [6.07, 6.45) is -1.13. The molecule has 0 saturated heterocycles. The number of aromatic amines is 1. The summed E-state index contributed by atoms with van der Waals surface area (Å²) in [5.74, 6) is -1.42. The molecule has 0 saturated carbocycles. The lowest BCUT2D eigenvalue weighted by molar-refractivity contribution is -0.123. The van der Waals surface area contributed by atoms with E-state index in [9.17, 15) is 14.4 Å². The number of anilines is 1. The molecule has 2 N–H and O–H groups in total. The van der Waals surface area contributed by atoms with E-state index in [0.29, 0.717) is 21.5 Å². The zero-order valence-corrected chi connectivity index (χ0v) is 15.5. The van der Waals surface area contributed by atoms with Gasteiger partial charge in [-0.2, -0.15) is 5.10 Å². The van der Waals surface area contributed by atoms with Gasteiger partial charge in [0, 0.05) is 10.4 Å². The Kier molecular flexibility index (Phi) is 5.43. The molecule has 2 aromatic carbocycles. The highest BCUT2D eigenvalue weighted by molar-refractivity contribution is 6.36. The van der Waals surface area contributed by atoms with Crippen LogP contribution in [0.1, 0.15) is 17.4 Å². The Morgan fingerprint density at radius 2 is 1.85 bits per heavy atom. The molecule has 1 aromatic heterocycles. The summed E-state index contributed by atoms with van der Waals surface area (Å²) in [5.41, 5.74) is -0.179. The Morgan fingerprint density at radius 1 is 1.15 bits per heavy atom. The molecule has 3 rings (SSSR count). The zero-order chi connectivity index (χ0) is 19.6. The van der Waals surface area contributed by atoms with E-state index in [1.54, 1.807) is 30.3 Å². The number of nitrogens with one attached hydrogen (secondary N) is 2. The van der Waals surface area contributed by atoms with Crippen LogP contribution in [-0.2, 0) is 9.53 Å². The summed E-state index contributed by atoms with van der Waals surface area (Å²) >= 11 is 11.8. The Bertz CT molecular complexity index is 1100. The fourth-order valence-corrected chi connectivity index (χ4v) is 2.82. The van der Waals surface area contributed by atoms with Gasteiger partial charge in [0.25, 0.3) is 11.5 Å². The molecule has 3 aromatic rings. The molecule has 0 unspecified atom stereocenters. The third-order valence-corrected chi connectivity index (χ3v) is 4.28. The summed E-state index contributed by atoms with van der Waals surface area (Å²) in [6, 6.07) is 11.0. The predicted octanol–water partition coefficient (Wildman–Crippen LogP) is 3.41. The average Bonchev–Trinajstić information content (AvgIpc) is 2.64. The van der Waals surface area contributed by atoms with Gasteiger partial charge >= 0.3 is 5.97 Å². The first-order chi connectivity index (χ1) is 12.9. The van der Waals surface area contributed by atoms with E-state index in [1.165, 1.54) is 19.1 Å². The molecule has 1 amide bonds. The number of H-pyrrole nitrogens is 1. The number of fused-ring (bicyclic) bond motifs is 1. The van der Waals surface area contributed by atoms with Crippen molar-refractivity contribution in [2.45, 2.75) is 13.0 Å². The van der Waals surface area contributed by atoms with Crippen molar-refractivity contribution in [2.75, 3.05) is 5.32 Å². The first kappa shape index (κ1) is 18.9. The number of halogens is 2. The van der Waals surface area contributed by atoms with Gasteiger partial charge in [0.2, 0.25) is 0 Å². The molecule has 0 aliphatic heterocycles. The monoisotopic (exact) mass is 405 g/mol. The van der Waals surface area contributed by atoms with Crippen LogP contribution in [0.15, 0.2) is 47.3 Å². The van der Waals surface area contributed by atoms with Crippen molar-refractivity contribution in [1.82, 2.24) is 10.2 Å². The fraction of sp³-hybridized carbons (Fsp3) is 0.111. The molecular formula is C18H13Cl2N3O4. The molecule has 0 fully saturated rings. The van der Waals surface area contributed by atoms with Crippen LogP contribution < -0.4 is 10.9 Å². The quantitative estimate of drug-likeness (QED) is 0.647. The first-order valence-corrected chi connectivity index (χ1v) is 8.56.